The Morgan fingerprint density at radius 1 is 0.500 bits per heavy atom. The minimum absolute atomic E-state index is 1.29. The molecule has 0 fully saturated rings. The third kappa shape index (κ3) is 11.3. The van der Waals surface area contributed by atoms with Gasteiger partial charge in [0.25, 0.3) is 0 Å². The molecule has 0 aromatic carbocycles. The molecule has 0 N–H and O–H groups in total. The van der Waals surface area contributed by atoms with Crippen molar-refractivity contribution in [3.05, 3.63) is 0 Å². The van der Waals surface area contributed by atoms with Gasteiger partial charge in [0.15, 0.2) is 0 Å². The molecule has 0 aromatic heterocycles. The fourth-order valence-corrected chi connectivity index (χ4v) is 8.36. The van der Waals surface area contributed by atoms with Crippen LogP contribution in [0.15, 0.2) is 0 Å². The summed E-state index contributed by atoms with van der Waals surface area (Å²) >= 11 is -3.88. The van der Waals surface area contributed by atoms with Crippen LogP contribution < -0.4 is 0 Å². The molecule has 0 saturated carbocycles. The van der Waals surface area contributed by atoms with E-state index in [-0.39, 0.29) is 0 Å². The first-order valence-corrected chi connectivity index (χ1v) is 8.47. The van der Waals surface area contributed by atoms with Crippen LogP contribution in [0, 0.1) is 0 Å². The fourth-order valence-electron chi connectivity index (χ4n) is 0.309. The highest BCUT2D eigenvalue weighted by molar-refractivity contribution is 9.12. The minimum atomic E-state index is -5.14. The first-order valence-electron chi connectivity index (χ1n) is 2.86. The Bertz CT molecular complexity index is 179. The number of rotatable bonds is 3. The number of halogens is 9. The van der Waals surface area contributed by atoms with Crippen LogP contribution in [-0.2, 0) is 0 Å². The number of hydrogen-bond donors (Lipinski definition) is 0. The molecule has 0 heterocycles. The second-order valence-corrected chi connectivity index (χ2v) is 11.2. The van der Waals surface area contributed by atoms with E-state index >= 15 is 0 Å². The molecular formula is C3F9PS3. The van der Waals surface area contributed by atoms with Crippen LogP contribution in [0.3, 0.4) is 0 Å². The lowest BCUT2D eigenvalue weighted by molar-refractivity contribution is -0.0313. The maximum Gasteiger partial charge on any atom is 0.447 e. The van der Waals surface area contributed by atoms with Crippen LogP contribution in [0.25, 0.3) is 0 Å². The number of hydrogen-bond acceptors (Lipinski definition) is 3. The Kier molecular flexibility index (Phi) is 5.96. The maximum absolute atomic E-state index is 11.7. The molecule has 0 unspecified atom stereocenters. The van der Waals surface area contributed by atoms with Crippen molar-refractivity contribution in [1.82, 2.24) is 0 Å². The summed E-state index contributed by atoms with van der Waals surface area (Å²) in [5.41, 5.74) is -18.9. The molecule has 13 heteroatoms. The van der Waals surface area contributed by atoms with Crippen LogP contribution in [-0.4, -0.2) is 16.5 Å². The molecule has 98 valence electrons. The lowest BCUT2D eigenvalue weighted by atomic mass is 11.6. The summed E-state index contributed by atoms with van der Waals surface area (Å²) < 4.78 is 105. The normalized spacial score (nSPS) is 14.6. The lowest BCUT2D eigenvalue weighted by Crippen LogP contribution is -2.03. The monoisotopic (exact) mass is 334 g/mol. The van der Waals surface area contributed by atoms with E-state index in [1.807, 2.05) is 0 Å². The average Bonchev–Trinajstić information content (AvgIpc) is 1.70. The Morgan fingerprint density at radius 3 is 0.812 bits per heavy atom. The van der Waals surface area contributed by atoms with Gasteiger partial charge in [0, 0.05) is 0 Å². The fraction of sp³-hybridized carbons (Fsp3) is 1.00. The zero-order chi connectivity index (χ0) is 13.2. The maximum atomic E-state index is 11.7. The first-order chi connectivity index (χ1) is 6.79. The average molecular weight is 334 g/mol. The Morgan fingerprint density at radius 2 is 0.688 bits per heavy atom. The molecule has 0 bridgehead atoms. The highest BCUT2D eigenvalue weighted by Crippen LogP contribution is 2.79. The van der Waals surface area contributed by atoms with Crippen LogP contribution >= 0.6 is 39.7 Å². The van der Waals surface area contributed by atoms with E-state index in [0.29, 0.717) is 0 Å². The predicted molar refractivity (Wildman–Crippen MR) is 47.9 cm³/mol. The molecule has 0 spiro atoms. The summed E-state index contributed by atoms with van der Waals surface area (Å²) in [4.78, 5) is 0. The van der Waals surface area contributed by atoms with E-state index in [1.54, 1.807) is 0 Å². The van der Waals surface area contributed by atoms with Crippen molar-refractivity contribution in [2.24, 2.45) is 0 Å². The van der Waals surface area contributed by atoms with Crippen LogP contribution in [0.2, 0.25) is 0 Å². The van der Waals surface area contributed by atoms with Crippen molar-refractivity contribution < 1.29 is 39.5 Å². The smallest absolute Gasteiger partial charge is 0.160 e. The van der Waals surface area contributed by atoms with Crippen LogP contribution in [0.4, 0.5) is 39.5 Å². The topological polar surface area (TPSA) is 0 Å². The Labute approximate surface area is 96.1 Å². The zero-order valence-electron chi connectivity index (χ0n) is 6.57. The summed E-state index contributed by atoms with van der Waals surface area (Å²) in [5.74, 6) is 0. The molecule has 0 amide bonds. The summed E-state index contributed by atoms with van der Waals surface area (Å²) in [7, 11) is 0. The van der Waals surface area contributed by atoms with Gasteiger partial charge in [-0.2, -0.15) is 39.5 Å². The van der Waals surface area contributed by atoms with Gasteiger partial charge >= 0.3 is 16.5 Å². The van der Waals surface area contributed by atoms with E-state index < -0.39 is 56.2 Å². The van der Waals surface area contributed by atoms with Crippen molar-refractivity contribution in [2.45, 2.75) is 16.5 Å². The van der Waals surface area contributed by atoms with E-state index in [1.165, 1.54) is 0 Å². The Hall–Kier alpha value is 0.850. The molecule has 16 heavy (non-hydrogen) atoms. The lowest BCUT2D eigenvalue weighted by Gasteiger charge is -2.18. The second-order valence-electron chi connectivity index (χ2n) is 1.83. The van der Waals surface area contributed by atoms with E-state index in [2.05, 4.69) is 0 Å². The summed E-state index contributed by atoms with van der Waals surface area (Å²) in [6.45, 7) is 0. The van der Waals surface area contributed by atoms with Crippen molar-refractivity contribution in [2.75, 3.05) is 0 Å². The highest BCUT2D eigenvalue weighted by Gasteiger charge is 2.46. The predicted octanol–water partition coefficient (Wildman–Crippen LogP) is 5.97. The highest BCUT2D eigenvalue weighted by atomic mass is 33.4. The van der Waals surface area contributed by atoms with Gasteiger partial charge < -0.3 is 0 Å². The number of alkyl halides is 9. The van der Waals surface area contributed by atoms with Gasteiger partial charge in [-0.05, 0) is 34.1 Å². The summed E-state index contributed by atoms with van der Waals surface area (Å²) in [6, 6.07) is 0. The van der Waals surface area contributed by atoms with Gasteiger partial charge in [-0.25, -0.2) is 0 Å². The summed E-state index contributed by atoms with van der Waals surface area (Å²) in [6.07, 6.45) is 0. The molecule has 0 saturated heterocycles. The van der Waals surface area contributed by atoms with Crippen molar-refractivity contribution in [3.8, 4) is 0 Å². The second kappa shape index (κ2) is 5.66. The van der Waals surface area contributed by atoms with Gasteiger partial charge in [0.2, 0.25) is 0 Å². The van der Waals surface area contributed by atoms with Gasteiger partial charge in [-0.1, -0.05) is 0 Å². The van der Waals surface area contributed by atoms with Crippen LogP contribution in [0.1, 0.15) is 0 Å². The molecule has 0 nitrogen and oxygen atoms in total. The quantitative estimate of drug-likeness (QED) is 0.461. The minimum Gasteiger partial charge on any atom is -0.160 e. The first kappa shape index (κ1) is 16.8. The zero-order valence-corrected chi connectivity index (χ0v) is 9.92. The SMILES string of the molecule is FC(F)(F)SP(SC(F)(F)F)SC(F)(F)F. The molecule has 0 aliphatic rings. The Balaban J connectivity index is 4.53. The van der Waals surface area contributed by atoms with E-state index in [4.69, 9.17) is 0 Å². The summed E-state index contributed by atoms with van der Waals surface area (Å²) in [5, 5.41) is 0. The van der Waals surface area contributed by atoms with Gasteiger partial charge in [0.1, 0.15) is 0 Å². The van der Waals surface area contributed by atoms with E-state index in [0.717, 1.165) is 0 Å². The third-order valence-corrected chi connectivity index (χ3v) is 8.83. The molecule has 0 rings (SSSR count). The largest absolute Gasteiger partial charge is 0.447 e. The van der Waals surface area contributed by atoms with Gasteiger partial charge in [0.05, 0.1) is 5.53 Å². The molecule has 0 aliphatic heterocycles. The standard InChI is InChI=1S/C3F9PS3/c4-1(5,6)14-13(15-2(7,8)9)16-3(10,11)12. The van der Waals surface area contributed by atoms with E-state index in [9.17, 15) is 39.5 Å². The molecular weight excluding hydrogens is 334 g/mol. The van der Waals surface area contributed by atoms with Gasteiger partial charge in [-0.3, -0.25) is 0 Å². The molecule has 0 aromatic rings. The third-order valence-electron chi connectivity index (χ3n) is 0.534. The van der Waals surface area contributed by atoms with Gasteiger partial charge in [-0.15, -0.1) is 0 Å². The van der Waals surface area contributed by atoms with Crippen molar-refractivity contribution in [3.63, 3.8) is 0 Å². The molecule has 0 aliphatic carbocycles. The van der Waals surface area contributed by atoms with Crippen LogP contribution in [0.5, 0.6) is 0 Å². The molecule has 0 radical (unpaired) electrons. The van der Waals surface area contributed by atoms with Crippen molar-refractivity contribution >= 4 is 39.7 Å². The van der Waals surface area contributed by atoms with Crippen molar-refractivity contribution in [1.29, 1.82) is 0 Å². The molecule has 0 atom stereocenters.